The summed E-state index contributed by atoms with van der Waals surface area (Å²) in [4.78, 5) is 11.3. The van der Waals surface area contributed by atoms with Crippen molar-refractivity contribution in [1.82, 2.24) is 0 Å². The van der Waals surface area contributed by atoms with E-state index in [1.54, 1.807) is 24.7 Å². The fourth-order valence-electron chi connectivity index (χ4n) is 3.39. The zero-order valence-electron chi connectivity index (χ0n) is 15.7. The van der Waals surface area contributed by atoms with Crippen LogP contribution >= 0.6 is 0 Å². The summed E-state index contributed by atoms with van der Waals surface area (Å²) in [6.07, 6.45) is 17.3. The third-order valence-electron chi connectivity index (χ3n) is 5.03. The van der Waals surface area contributed by atoms with Gasteiger partial charge in [-0.05, 0) is 55.6 Å². The largest absolute Gasteiger partial charge is 0.469 e. The number of carbonyl (C=O) groups is 1. The summed E-state index contributed by atoms with van der Waals surface area (Å²) in [5.41, 5.74) is 0.743. The lowest BCUT2D eigenvalue weighted by Gasteiger charge is -2.34. The summed E-state index contributed by atoms with van der Waals surface area (Å²) in [6.45, 7) is 0. The second-order valence-corrected chi connectivity index (χ2v) is 6.94. The van der Waals surface area contributed by atoms with Gasteiger partial charge in [-0.1, -0.05) is 42.5 Å². The van der Waals surface area contributed by atoms with Crippen molar-refractivity contribution >= 4 is 6.29 Å². The summed E-state index contributed by atoms with van der Waals surface area (Å²) in [6, 6.07) is 9.90. The van der Waals surface area contributed by atoms with Crippen LogP contribution < -0.4 is 0 Å². The zero-order valence-corrected chi connectivity index (χ0v) is 15.7. The molecule has 0 radical (unpaired) electrons. The van der Waals surface area contributed by atoms with Gasteiger partial charge in [0.25, 0.3) is 0 Å². The number of aliphatic hydroxyl groups is 1. The quantitative estimate of drug-likeness (QED) is 0.800. The van der Waals surface area contributed by atoms with Gasteiger partial charge in [0.15, 0.2) is 0 Å². The molecule has 5 nitrogen and oxygen atoms in total. The number of hydrogen-bond donors (Lipinski definition) is 1. The predicted molar refractivity (Wildman–Crippen MR) is 106 cm³/mol. The van der Waals surface area contributed by atoms with E-state index >= 15 is 0 Å². The van der Waals surface area contributed by atoms with Crippen LogP contribution in [0.25, 0.3) is 0 Å². The van der Waals surface area contributed by atoms with Crippen LogP contribution in [0.2, 0.25) is 0 Å². The summed E-state index contributed by atoms with van der Waals surface area (Å²) in [5.74, 6) is 0. The Hall–Kier alpha value is -2.63. The number of allylic oxidation sites excluding steroid dienone is 4. The maximum atomic E-state index is 11.3. The second kappa shape index (κ2) is 10.1. The Labute approximate surface area is 165 Å². The first-order valence-corrected chi connectivity index (χ1v) is 9.55. The van der Waals surface area contributed by atoms with E-state index in [9.17, 15) is 9.90 Å². The van der Waals surface area contributed by atoms with E-state index in [4.69, 9.17) is 14.2 Å². The van der Waals surface area contributed by atoms with Crippen LogP contribution in [0, 0.1) is 0 Å². The summed E-state index contributed by atoms with van der Waals surface area (Å²) >= 11 is 0. The molecule has 0 spiro atoms. The Bertz CT molecular complexity index is 699. The van der Waals surface area contributed by atoms with Gasteiger partial charge >= 0.3 is 0 Å². The van der Waals surface area contributed by atoms with Crippen molar-refractivity contribution in [3.8, 4) is 0 Å². The Morgan fingerprint density at radius 2 is 1.50 bits per heavy atom. The Morgan fingerprint density at radius 1 is 0.929 bits per heavy atom. The fraction of sp³-hybridized carbons (Fsp3) is 0.348. The molecular weight excluding hydrogens is 356 g/mol. The molecular formula is C23H26O5. The van der Waals surface area contributed by atoms with Gasteiger partial charge in [0.2, 0.25) is 12.6 Å². The van der Waals surface area contributed by atoms with Crippen LogP contribution in [0.3, 0.4) is 0 Å². The molecule has 2 heterocycles. The molecule has 5 heteroatoms. The molecule has 1 saturated carbocycles. The van der Waals surface area contributed by atoms with Gasteiger partial charge in [0.1, 0.15) is 6.29 Å². The smallest absolute Gasteiger partial charge is 0.222 e. The maximum Gasteiger partial charge on any atom is 0.222 e. The highest BCUT2D eigenvalue weighted by Gasteiger charge is 2.35. The van der Waals surface area contributed by atoms with Crippen molar-refractivity contribution in [2.45, 2.75) is 49.8 Å². The molecule has 2 unspecified atom stereocenters. The molecule has 2 aliphatic heterocycles. The van der Waals surface area contributed by atoms with Gasteiger partial charge in [-0.2, -0.15) is 0 Å². The van der Waals surface area contributed by atoms with E-state index in [0.717, 1.165) is 37.5 Å². The molecule has 0 aromatic heterocycles. The standard InChI is InChI=1S/C13H16O2.C10H10O3/c14-10-13(8-6-12(15)7-9-13)11-4-2-1-3-5-11;1-3-7-11-9(5-1)13-10-6-2-4-8-12-10/h1-5,10,12,15H,6-9H2;1-10H. The molecule has 1 aromatic carbocycles. The number of aliphatic hydroxyl groups excluding tert-OH is 1. The third-order valence-corrected chi connectivity index (χ3v) is 5.03. The zero-order chi connectivity index (χ0) is 19.7. The molecule has 4 rings (SSSR count). The lowest BCUT2D eigenvalue weighted by molar-refractivity contribution is -0.172. The van der Waals surface area contributed by atoms with E-state index in [2.05, 4.69) is 0 Å². The van der Waals surface area contributed by atoms with E-state index in [0.29, 0.717) is 0 Å². The first-order chi connectivity index (χ1) is 13.7. The highest BCUT2D eigenvalue weighted by atomic mass is 16.8. The third kappa shape index (κ3) is 5.44. The van der Waals surface area contributed by atoms with Gasteiger partial charge in [-0.25, -0.2) is 0 Å². The van der Waals surface area contributed by atoms with E-state index < -0.39 is 0 Å². The van der Waals surface area contributed by atoms with Crippen LogP contribution in [0.5, 0.6) is 0 Å². The molecule has 0 bridgehead atoms. The average Bonchev–Trinajstić information content (AvgIpc) is 2.77. The molecule has 148 valence electrons. The van der Waals surface area contributed by atoms with Crippen LogP contribution in [0.4, 0.5) is 0 Å². The summed E-state index contributed by atoms with van der Waals surface area (Å²) < 4.78 is 15.7. The van der Waals surface area contributed by atoms with Gasteiger partial charge < -0.3 is 19.4 Å². The maximum absolute atomic E-state index is 11.3. The number of carbonyl (C=O) groups excluding carboxylic acids is 1. The first-order valence-electron chi connectivity index (χ1n) is 9.55. The molecule has 1 aromatic rings. The van der Waals surface area contributed by atoms with Crippen molar-refractivity contribution in [1.29, 1.82) is 0 Å². The minimum absolute atomic E-state index is 0.221. The SMILES string of the molecule is C1=COC(OC2C=CC=CO2)C=C1.O=CC1(c2ccccc2)CCC(O)CC1. The molecule has 0 amide bonds. The van der Waals surface area contributed by atoms with Crippen molar-refractivity contribution in [2.24, 2.45) is 0 Å². The van der Waals surface area contributed by atoms with E-state index in [1.165, 1.54) is 0 Å². The van der Waals surface area contributed by atoms with Crippen LogP contribution in [0.1, 0.15) is 31.2 Å². The van der Waals surface area contributed by atoms with Crippen LogP contribution in [-0.2, 0) is 24.4 Å². The molecule has 3 aliphatic rings. The minimum Gasteiger partial charge on any atom is -0.469 e. The topological polar surface area (TPSA) is 65.0 Å². The normalized spacial score (nSPS) is 30.5. The van der Waals surface area contributed by atoms with Crippen molar-refractivity contribution in [3.63, 3.8) is 0 Å². The van der Waals surface area contributed by atoms with Gasteiger partial charge in [0, 0.05) is 0 Å². The van der Waals surface area contributed by atoms with Crippen molar-refractivity contribution < 1.29 is 24.1 Å². The minimum atomic E-state index is -0.355. The number of rotatable bonds is 4. The number of aldehydes is 1. The van der Waals surface area contributed by atoms with Gasteiger partial charge in [0.05, 0.1) is 24.0 Å². The van der Waals surface area contributed by atoms with Gasteiger partial charge in [-0.15, -0.1) is 0 Å². The molecule has 28 heavy (non-hydrogen) atoms. The fourth-order valence-corrected chi connectivity index (χ4v) is 3.39. The Morgan fingerprint density at radius 3 is 1.96 bits per heavy atom. The number of ether oxygens (including phenoxy) is 3. The van der Waals surface area contributed by atoms with Crippen molar-refractivity contribution in [3.05, 3.63) is 84.9 Å². The lowest BCUT2D eigenvalue weighted by atomic mass is 9.70. The molecule has 1 N–H and O–H groups in total. The van der Waals surface area contributed by atoms with E-state index in [1.807, 2.05) is 54.6 Å². The molecule has 0 saturated heterocycles. The Kier molecular flexibility index (Phi) is 7.23. The van der Waals surface area contributed by atoms with Crippen LogP contribution in [0.15, 0.2) is 79.3 Å². The second-order valence-electron chi connectivity index (χ2n) is 6.94. The summed E-state index contributed by atoms with van der Waals surface area (Å²) in [7, 11) is 0. The monoisotopic (exact) mass is 382 g/mol. The highest BCUT2D eigenvalue weighted by molar-refractivity contribution is 5.68. The summed E-state index contributed by atoms with van der Waals surface area (Å²) in [5, 5.41) is 9.47. The molecule has 1 aliphatic carbocycles. The molecule has 1 fully saturated rings. The highest BCUT2D eigenvalue weighted by Crippen LogP contribution is 2.37. The number of benzene rings is 1. The van der Waals surface area contributed by atoms with Crippen molar-refractivity contribution in [2.75, 3.05) is 0 Å². The lowest BCUT2D eigenvalue weighted by Crippen LogP contribution is -2.34. The predicted octanol–water partition coefficient (Wildman–Crippen LogP) is 3.91. The van der Waals surface area contributed by atoms with Gasteiger partial charge in [-0.3, -0.25) is 4.74 Å². The molecule has 2 atom stereocenters. The number of hydrogen-bond acceptors (Lipinski definition) is 5. The first kappa shape index (κ1) is 20.1. The van der Waals surface area contributed by atoms with E-state index in [-0.39, 0.29) is 24.1 Å². The average molecular weight is 382 g/mol. The van der Waals surface area contributed by atoms with Crippen LogP contribution in [-0.4, -0.2) is 30.1 Å². The Balaban J connectivity index is 0.000000162.